The summed E-state index contributed by atoms with van der Waals surface area (Å²) in [7, 11) is 1.60. The van der Waals surface area contributed by atoms with Crippen molar-refractivity contribution in [2.24, 2.45) is 0 Å². The van der Waals surface area contributed by atoms with Gasteiger partial charge in [0.2, 0.25) is 0 Å². The molecule has 0 saturated heterocycles. The number of amides is 1. The second-order valence-electron chi connectivity index (χ2n) is 5.62. The Kier molecular flexibility index (Phi) is 6.56. The van der Waals surface area contributed by atoms with Crippen LogP contribution in [0.2, 0.25) is 0 Å². The van der Waals surface area contributed by atoms with Gasteiger partial charge in [-0.05, 0) is 29.1 Å². The van der Waals surface area contributed by atoms with Gasteiger partial charge in [0, 0.05) is 22.9 Å². The van der Waals surface area contributed by atoms with Gasteiger partial charge >= 0.3 is 5.97 Å². The van der Waals surface area contributed by atoms with E-state index in [1.165, 1.54) is 11.3 Å². The third kappa shape index (κ3) is 5.63. The molecule has 2 heterocycles. The Labute approximate surface area is 164 Å². The normalized spacial score (nSPS) is 10.4. The number of carbonyl (C=O) groups is 2. The zero-order chi connectivity index (χ0) is 19.1. The number of hydrogen-bond acceptors (Lipinski definition) is 7. The Morgan fingerprint density at radius 2 is 1.96 bits per heavy atom. The van der Waals surface area contributed by atoms with E-state index in [4.69, 9.17) is 9.47 Å². The van der Waals surface area contributed by atoms with Crippen LogP contribution in [0.4, 0.5) is 0 Å². The molecule has 8 heteroatoms. The number of methoxy groups -OCH3 is 1. The van der Waals surface area contributed by atoms with Crippen LogP contribution in [-0.4, -0.2) is 30.6 Å². The third-order valence-electron chi connectivity index (χ3n) is 3.66. The smallest absolute Gasteiger partial charge is 0.312 e. The van der Waals surface area contributed by atoms with E-state index in [0.717, 1.165) is 21.9 Å². The van der Waals surface area contributed by atoms with Crippen molar-refractivity contribution in [3.05, 3.63) is 57.7 Å². The minimum Gasteiger partial charge on any atom is -0.497 e. The fourth-order valence-electron chi connectivity index (χ4n) is 2.25. The first-order chi connectivity index (χ1) is 13.1. The summed E-state index contributed by atoms with van der Waals surface area (Å²) in [4.78, 5) is 28.2. The zero-order valence-corrected chi connectivity index (χ0v) is 16.3. The van der Waals surface area contributed by atoms with Gasteiger partial charge < -0.3 is 14.8 Å². The largest absolute Gasteiger partial charge is 0.497 e. The lowest BCUT2D eigenvalue weighted by Crippen LogP contribution is -2.28. The lowest BCUT2D eigenvalue weighted by molar-refractivity contribution is -0.147. The van der Waals surface area contributed by atoms with Gasteiger partial charge in [-0.1, -0.05) is 12.1 Å². The summed E-state index contributed by atoms with van der Waals surface area (Å²) in [6, 6.07) is 9.34. The molecule has 0 saturated carbocycles. The number of esters is 1. The Morgan fingerprint density at radius 1 is 1.15 bits per heavy atom. The fourth-order valence-corrected chi connectivity index (χ4v) is 3.78. The van der Waals surface area contributed by atoms with Crippen molar-refractivity contribution in [1.82, 2.24) is 10.3 Å². The van der Waals surface area contributed by atoms with E-state index in [9.17, 15) is 9.59 Å². The molecule has 27 heavy (non-hydrogen) atoms. The summed E-state index contributed by atoms with van der Waals surface area (Å²) >= 11 is 3.08. The number of carbonyl (C=O) groups excluding carboxylic acids is 2. The van der Waals surface area contributed by atoms with Crippen molar-refractivity contribution in [3.8, 4) is 16.3 Å². The van der Waals surface area contributed by atoms with Crippen LogP contribution in [0.1, 0.15) is 11.3 Å². The quantitative estimate of drug-likeness (QED) is 0.585. The van der Waals surface area contributed by atoms with Crippen LogP contribution in [0.25, 0.3) is 10.6 Å². The molecule has 0 atom stereocenters. The Morgan fingerprint density at radius 3 is 2.67 bits per heavy atom. The third-order valence-corrected chi connectivity index (χ3v) is 5.28. The molecule has 3 aromatic rings. The van der Waals surface area contributed by atoms with Crippen molar-refractivity contribution in [2.75, 3.05) is 13.7 Å². The van der Waals surface area contributed by atoms with Crippen molar-refractivity contribution in [1.29, 1.82) is 0 Å². The van der Waals surface area contributed by atoms with Crippen LogP contribution in [0, 0.1) is 0 Å². The summed E-state index contributed by atoms with van der Waals surface area (Å²) in [5.41, 5.74) is 2.62. The molecule has 0 radical (unpaired) electrons. The van der Waals surface area contributed by atoms with Gasteiger partial charge in [-0.25, -0.2) is 4.98 Å². The summed E-state index contributed by atoms with van der Waals surface area (Å²) < 4.78 is 10.1. The van der Waals surface area contributed by atoms with E-state index in [1.807, 2.05) is 46.5 Å². The van der Waals surface area contributed by atoms with Crippen molar-refractivity contribution < 1.29 is 19.1 Å². The lowest BCUT2D eigenvalue weighted by Gasteiger charge is -2.07. The average Bonchev–Trinajstić information content (AvgIpc) is 3.37. The van der Waals surface area contributed by atoms with Crippen LogP contribution < -0.4 is 10.1 Å². The van der Waals surface area contributed by atoms with Crippen LogP contribution in [-0.2, 0) is 27.3 Å². The number of nitrogens with one attached hydrogen (secondary N) is 1. The Balaban J connectivity index is 1.40. The Hall–Kier alpha value is -2.71. The van der Waals surface area contributed by atoms with Gasteiger partial charge in [-0.3, -0.25) is 9.59 Å². The predicted octanol–water partition coefficient (Wildman–Crippen LogP) is 3.28. The highest BCUT2D eigenvalue weighted by molar-refractivity contribution is 7.14. The van der Waals surface area contributed by atoms with E-state index in [1.54, 1.807) is 18.4 Å². The molecule has 0 aliphatic rings. The highest BCUT2D eigenvalue weighted by atomic mass is 32.1. The fraction of sp³-hybridized carbons (Fsp3) is 0.211. The molecule has 0 unspecified atom stereocenters. The van der Waals surface area contributed by atoms with Gasteiger partial charge in [0.1, 0.15) is 10.8 Å². The number of thiophene rings is 1. The molecule has 1 amide bonds. The van der Waals surface area contributed by atoms with Crippen molar-refractivity contribution in [3.63, 3.8) is 0 Å². The second kappa shape index (κ2) is 9.29. The number of ether oxygens (including phenoxy) is 2. The summed E-state index contributed by atoms with van der Waals surface area (Å²) in [6.45, 7) is 0.0486. The highest BCUT2D eigenvalue weighted by Crippen LogP contribution is 2.25. The minimum absolute atomic E-state index is 0.0480. The first-order valence-electron chi connectivity index (χ1n) is 8.16. The van der Waals surface area contributed by atoms with Crippen LogP contribution in [0.3, 0.4) is 0 Å². The predicted molar refractivity (Wildman–Crippen MR) is 105 cm³/mol. The van der Waals surface area contributed by atoms with E-state index < -0.39 is 5.97 Å². The molecule has 6 nitrogen and oxygen atoms in total. The average molecular weight is 402 g/mol. The number of aromatic nitrogens is 1. The molecule has 3 rings (SSSR count). The molecule has 0 aliphatic heterocycles. The maximum Gasteiger partial charge on any atom is 0.312 e. The highest BCUT2D eigenvalue weighted by Gasteiger charge is 2.12. The molecular formula is C19H18N2O4S2. The van der Waals surface area contributed by atoms with Gasteiger partial charge in [0.25, 0.3) is 5.91 Å². The molecule has 0 fully saturated rings. The van der Waals surface area contributed by atoms with Gasteiger partial charge in [0.15, 0.2) is 6.61 Å². The molecule has 1 N–H and O–H groups in total. The SMILES string of the molecule is COc1ccc(CNC(=O)COC(=O)Cc2csc(-c3ccsc3)n2)cc1. The number of hydrogen-bond donors (Lipinski definition) is 1. The maximum atomic E-state index is 11.9. The number of nitrogens with zero attached hydrogens (tertiary/aromatic N) is 1. The minimum atomic E-state index is -0.475. The summed E-state index contributed by atoms with van der Waals surface area (Å²) in [5.74, 6) is -0.0728. The summed E-state index contributed by atoms with van der Waals surface area (Å²) in [6.07, 6.45) is 0.0480. The van der Waals surface area contributed by atoms with E-state index in [-0.39, 0.29) is 18.9 Å². The monoisotopic (exact) mass is 402 g/mol. The van der Waals surface area contributed by atoms with Crippen molar-refractivity contribution >= 4 is 34.6 Å². The molecule has 0 bridgehead atoms. The first kappa shape index (κ1) is 19.1. The van der Waals surface area contributed by atoms with Crippen LogP contribution in [0.5, 0.6) is 5.75 Å². The number of benzene rings is 1. The number of thiazole rings is 1. The maximum absolute atomic E-state index is 11.9. The molecule has 1 aromatic carbocycles. The summed E-state index contributed by atoms with van der Waals surface area (Å²) in [5, 5.41) is 9.40. The van der Waals surface area contributed by atoms with Crippen LogP contribution >= 0.6 is 22.7 Å². The van der Waals surface area contributed by atoms with E-state index >= 15 is 0 Å². The molecule has 140 valence electrons. The first-order valence-corrected chi connectivity index (χ1v) is 9.98. The van der Waals surface area contributed by atoms with E-state index in [0.29, 0.717) is 12.2 Å². The Bertz CT molecular complexity index is 889. The lowest BCUT2D eigenvalue weighted by atomic mass is 10.2. The van der Waals surface area contributed by atoms with Gasteiger partial charge in [-0.15, -0.1) is 11.3 Å². The standard InChI is InChI=1S/C19H18N2O4S2/c1-24-16-4-2-13(3-5-16)9-20-17(22)10-25-18(23)8-15-12-27-19(21-15)14-6-7-26-11-14/h2-7,11-12H,8-10H2,1H3,(H,20,22). The van der Waals surface area contributed by atoms with Gasteiger partial charge in [0.05, 0.1) is 19.2 Å². The van der Waals surface area contributed by atoms with Gasteiger partial charge in [-0.2, -0.15) is 11.3 Å². The topological polar surface area (TPSA) is 77.5 Å². The number of rotatable bonds is 8. The molecule has 2 aromatic heterocycles. The van der Waals surface area contributed by atoms with Crippen LogP contribution in [0.15, 0.2) is 46.5 Å². The zero-order valence-electron chi connectivity index (χ0n) is 14.6. The molecule has 0 spiro atoms. The van der Waals surface area contributed by atoms with E-state index in [2.05, 4.69) is 10.3 Å². The molecular weight excluding hydrogens is 384 g/mol. The van der Waals surface area contributed by atoms with Crippen molar-refractivity contribution in [2.45, 2.75) is 13.0 Å². The molecule has 0 aliphatic carbocycles. The second-order valence-corrected chi connectivity index (χ2v) is 7.26.